The van der Waals surface area contributed by atoms with Gasteiger partial charge in [0.05, 0.1) is 4.90 Å². The van der Waals surface area contributed by atoms with Gasteiger partial charge >= 0.3 is 0 Å². The predicted octanol–water partition coefficient (Wildman–Crippen LogP) is 3.85. The zero-order valence-electron chi connectivity index (χ0n) is 15.2. The minimum Gasteiger partial charge on any atom is -0.311 e. The Kier molecular flexibility index (Phi) is 4.79. The molecule has 0 aromatic heterocycles. The molecule has 0 saturated carbocycles. The molecule has 0 saturated heterocycles. The van der Waals surface area contributed by atoms with Gasteiger partial charge in [-0.25, -0.2) is 8.42 Å². The van der Waals surface area contributed by atoms with Crippen LogP contribution < -0.4 is 9.62 Å². The lowest BCUT2D eigenvalue weighted by Crippen LogP contribution is -2.31. The summed E-state index contributed by atoms with van der Waals surface area (Å²) >= 11 is 1.55. The Morgan fingerprint density at radius 2 is 1.92 bits per heavy atom. The van der Waals surface area contributed by atoms with Crippen LogP contribution in [0.1, 0.15) is 26.3 Å². The molecule has 1 aliphatic heterocycles. The van der Waals surface area contributed by atoms with Crippen LogP contribution in [0, 0.1) is 0 Å². The maximum Gasteiger partial charge on any atom is 0.261 e. The molecule has 3 rings (SSSR count). The first-order valence-corrected chi connectivity index (χ1v) is 10.9. The van der Waals surface area contributed by atoms with Crippen molar-refractivity contribution in [3.63, 3.8) is 0 Å². The van der Waals surface area contributed by atoms with Crippen LogP contribution in [0.2, 0.25) is 0 Å². The van der Waals surface area contributed by atoms with Crippen molar-refractivity contribution in [2.24, 2.45) is 0 Å². The Labute approximate surface area is 158 Å². The molecule has 2 aromatic carbocycles. The van der Waals surface area contributed by atoms with Gasteiger partial charge in [0, 0.05) is 35.2 Å². The third-order valence-corrected chi connectivity index (χ3v) is 6.66. The van der Waals surface area contributed by atoms with Crippen molar-refractivity contribution in [3.8, 4) is 0 Å². The minimum atomic E-state index is -3.71. The number of anilines is 2. The van der Waals surface area contributed by atoms with E-state index in [2.05, 4.69) is 4.72 Å². The summed E-state index contributed by atoms with van der Waals surface area (Å²) < 4.78 is 28.3. The van der Waals surface area contributed by atoms with Crippen LogP contribution in [-0.4, -0.2) is 27.1 Å². The Balaban J connectivity index is 1.98. The molecular weight excluding hydrogens is 368 g/mol. The van der Waals surface area contributed by atoms with Crippen LogP contribution in [0.3, 0.4) is 0 Å². The normalized spacial score (nSPS) is 15.6. The van der Waals surface area contributed by atoms with Crippen LogP contribution in [-0.2, 0) is 20.2 Å². The first-order chi connectivity index (χ1) is 12.1. The second kappa shape index (κ2) is 6.63. The molecule has 1 heterocycles. The summed E-state index contributed by atoms with van der Waals surface area (Å²) in [7, 11) is -3.71. The van der Waals surface area contributed by atoms with E-state index < -0.39 is 10.0 Å². The van der Waals surface area contributed by atoms with E-state index in [9.17, 15) is 13.2 Å². The lowest BCUT2D eigenvalue weighted by molar-refractivity contribution is -0.116. The van der Waals surface area contributed by atoms with Crippen molar-refractivity contribution >= 4 is 39.1 Å². The summed E-state index contributed by atoms with van der Waals surface area (Å²) in [4.78, 5) is 14.8. The van der Waals surface area contributed by atoms with E-state index in [1.807, 2.05) is 32.2 Å². The molecule has 5 nitrogen and oxygen atoms in total. The van der Waals surface area contributed by atoms with Crippen LogP contribution in [0.25, 0.3) is 0 Å². The van der Waals surface area contributed by atoms with E-state index in [4.69, 9.17) is 0 Å². The van der Waals surface area contributed by atoms with Crippen molar-refractivity contribution < 1.29 is 13.2 Å². The largest absolute Gasteiger partial charge is 0.311 e. The molecule has 26 heavy (non-hydrogen) atoms. The van der Waals surface area contributed by atoms with Crippen LogP contribution in [0.15, 0.2) is 52.3 Å². The molecule has 7 heteroatoms. The van der Waals surface area contributed by atoms with Gasteiger partial charge in [0.25, 0.3) is 10.0 Å². The average molecular weight is 391 g/mol. The molecule has 0 aliphatic carbocycles. The van der Waals surface area contributed by atoms with Gasteiger partial charge < -0.3 is 4.90 Å². The smallest absolute Gasteiger partial charge is 0.261 e. The third kappa shape index (κ3) is 3.46. The molecule has 138 valence electrons. The fourth-order valence-corrected chi connectivity index (χ4v) is 4.74. The lowest BCUT2D eigenvalue weighted by Gasteiger charge is -2.19. The molecule has 1 N–H and O–H groups in total. The number of benzene rings is 2. The zero-order valence-corrected chi connectivity index (χ0v) is 16.9. The Hall–Kier alpha value is -1.99. The number of carbonyl (C=O) groups excluding carboxylic acids is 1. The number of sulfonamides is 1. The number of amides is 1. The topological polar surface area (TPSA) is 66.5 Å². The minimum absolute atomic E-state index is 0.0422. The summed E-state index contributed by atoms with van der Waals surface area (Å²) in [5.74, 6) is -0.0422. The van der Waals surface area contributed by atoms with Gasteiger partial charge in [-0.15, -0.1) is 11.8 Å². The summed E-state index contributed by atoms with van der Waals surface area (Å²) in [5, 5.41) is 0. The van der Waals surface area contributed by atoms with Gasteiger partial charge in [0.2, 0.25) is 5.91 Å². The number of nitrogens with one attached hydrogen (secondary N) is 1. The fourth-order valence-electron chi connectivity index (χ4n) is 3.21. The second-order valence-corrected chi connectivity index (χ2v) is 9.57. The van der Waals surface area contributed by atoms with E-state index in [1.54, 1.807) is 47.0 Å². The number of thioether (sulfide) groups is 1. The zero-order chi connectivity index (χ0) is 19.1. The molecule has 0 spiro atoms. The maximum atomic E-state index is 12.8. The standard InChI is InChI=1S/C19H22N2O3S2/c1-13(22)21-12-19(2,3)17-11-16(8-9-18(17)21)26(23,24)20-14-6-5-7-15(10-14)25-4/h5-11,20H,12H2,1-4H3. The number of nitrogens with zero attached hydrogens (tertiary/aromatic N) is 1. The van der Waals surface area contributed by atoms with E-state index in [0.717, 1.165) is 16.1 Å². The highest BCUT2D eigenvalue weighted by Gasteiger charge is 2.37. The van der Waals surface area contributed by atoms with Crippen molar-refractivity contribution in [1.29, 1.82) is 0 Å². The van der Waals surface area contributed by atoms with Gasteiger partial charge in [-0.1, -0.05) is 19.9 Å². The summed E-state index contributed by atoms with van der Waals surface area (Å²) in [6.45, 7) is 6.10. The van der Waals surface area contributed by atoms with E-state index in [1.165, 1.54) is 6.92 Å². The SMILES string of the molecule is CSc1cccc(NS(=O)(=O)c2ccc3c(c2)C(C)(C)CN3C(C)=O)c1. The number of hydrogen-bond acceptors (Lipinski definition) is 4. The van der Waals surface area contributed by atoms with Gasteiger partial charge in [-0.05, 0) is 48.2 Å². The Bertz CT molecular complexity index is 968. The Morgan fingerprint density at radius 3 is 2.58 bits per heavy atom. The molecule has 0 unspecified atom stereocenters. The molecule has 0 bridgehead atoms. The van der Waals surface area contributed by atoms with Gasteiger partial charge in [0.15, 0.2) is 0 Å². The molecular formula is C19H22N2O3S2. The highest BCUT2D eigenvalue weighted by molar-refractivity contribution is 7.98. The monoisotopic (exact) mass is 390 g/mol. The van der Waals surface area contributed by atoms with Crippen molar-refractivity contribution in [1.82, 2.24) is 0 Å². The molecule has 0 radical (unpaired) electrons. The number of carbonyl (C=O) groups is 1. The molecule has 1 amide bonds. The first kappa shape index (κ1) is 18.8. The van der Waals surface area contributed by atoms with Crippen LogP contribution in [0.5, 0.6) is 0 Å². The van der Waals surface area contributed by atoms with Crippen molar-refractivity contribution in [2.45, 2.75) is 36.0 Å². The third-order valence-electron chi connectivity index (χ3n) is 4.55. The van der Waals surface area contributed by atoms with E-state index in [0.29, 0.717) is 12.2 Å². The lowest BCUT2D eigenvalue weighted by atomic mass is 9.87. The van der Waals surface area contributed by atoms with Crippen molar-refractivity contribution in [2.75, 3.05) is 22.4 Å². The molecule has 0 fully saturated rings. The predicted molar refractivity (Wildman–Crippen MR) is 107 cm³/mol. The van der Waals surface area contributed by atoms with Gasteiger partial charge in [0.1, 0.15) is 0 Å². The highest BCUT2D eigenvalue weighted by atomic mass is 32.2. The van der Waals surface area contributed by atoms with Crippen LogP contribution >= 0.6 is 11.8 Å². The Morgan fingerprint density at radius 1 is 1.19 bits per heavy atom. The summed E-state index contributed by atoms with van der Waals surface area (Å²) in [6, 6.07) is 12.2. The summed E-state index contributed by atoms with van der Waals surface area (Å²) in [6.07, 6.45) is 1.94. The van der Waals surface area contributed by atoms with E-state index in [-0.39, 0.29) is 16.2 Å². The highest BCUT2D eigenvalue weighted by Crippen LogP contribution is 2.41. The number of hydrogen-bond donors (Lipinski definition) is 1. The molecule has 0 atom stereocenters. The van der Waals surface area contributed by atoms with Gasteiger partial charge in [-0.2, -0.15) is 0 Å². The first-order valence-electron chi connectivity index (χ1n) is 8.23. The fraction of sp³-hybridized carbons (Fsp3) is 0.316. The number of rotatable bonds is 4. The van der Waals surface area contributed by atoms with Gasteiger partial charge in [-0.3, -0.25) is 9.52 Å². The van der Waals surface area contributed by atoms with Crippen molar-refractivity contribution in [3.05, 3.63) is 48.0 Å². The second-order valence-electron chi connectivity index (χ2n) is 7.01. The molecule has 1 aliphatic rings. The number of fused-ring (bicyclic) bond motifs is 1. The molecule has 2 aromatic rings. The quantitative estimate of drug-likeness (QED) is 0.805. The van der Waals surface area contributed by atoms with Crippen LogP contribution in [0.4, 0.5) is 11.4 Å². The average Bonchev–Trinajstić information content (AvgIpc) is 2.86. The maximum absolute atomic E-state index is 12.8. The van der Waals surface area contributed by atoms with E-state index >= 15 is 0 Å². The summed E-state index contributed by atoms with van der Waals surface area (Å²) in [5.41, 5.74) is 1.88.